The number of H-pyrrole nitrogens is 1. The molecule has 3 aromatic rings. The van der Waals surface area contributed by atoms with Crippen LogP contribution >= 0.6 is 0 Å². The van der Waals surface area contributed by atoms with E-state index in [1.54, 1.807) is 30.2 Å². The number of hydrogen-bond acceptors (Lipinski definition) is 6. The number of carbonyl (C=O) groups excluding carboxylic acids is 1. The van der Waals surface area contributed by atoms with Gasteiger partial charge in [-0.05, 0) is 36.6 Å². The van der Waals surface area contributed by atoms with Crippen LogP contribution in [0.15, 0.2) is 46.0 Å². The van der Waals surface area contributed by atoms with Gasteiger partial charge in [-0.2, -0.15) is 4.98 Å². The summed E-state index contributed by atoms with van der Waals surface area (Å²) in [6.45, 7) is 2.34. The first-order chi connectivity index (χ1) is 12.6. The number of hydrogen-bond donors (Lipinski definition) is 1. The van der Waals surface area contributed by atoms with Crippen LogP contribution in [0.3, 0.4) is 0 Å². The molecular formula is C18H17N5O3. The van der Waals surface area contributed by atoms with Gasteiger partial charge in [0, 0.05) is 25.9 Å². The lowest BCUT2D eigenvalue weighted by molar-refractivity contribution is 0.0733. The van der Waals surface area contributed by atoms with Crippen molar-refractivity contribution in [2.75, 3.05) is 6.54 Å². The third-order valence-electron chi connectivity index (χ3n) is 4.49. The first-order valence-corrected chi connectivity index (χ1v) is 8.39. The van der Waals surface area contributed by atoms with Crippen LogP contribution in [0.2, 0.25) is 0 Å². The van der Waals surface area contributed by atoms with Crippen molar-refractivity contribution in [3.8, 4) is 11.5 Å². The Morgan fingerprint density at radius 1 is 1.35 bits per heavy atom. The molecule has 0 spiro atoms. The minimum absolute atomic E-state index is 0.101. The summed E-state index contributed by atoms with van der Waals surface area (Å²) in [6.07, 6.45) is 4.96. The highest BCUT2D eigenvalue weighted by Crippen LogP contribution is 2.33. The Balaban J connectivity index is 1.59. The van der Waals surface area contributed by atoms with E-state index < -0.39 is 0 Å². The molecule has 3 aromatic heterocycles. The predicted molar refractivity (Wildman–Crippen MR) is 92.3 cm³/mol. The van der Waals surface area contributed by atoms with E-state index in [2.05, 4.69) is 20.1 Å². The fourth-order valence-corrected chi connectivity index (χ4v) is 3.24. The standard InChI is InChI=1S/C18H17N5O3/c1-11-21-16(22-26-11)14-7-6-12(10-20-14)15-5-3-9-23(15)18(25)13-4-2-8-19-17(13)24/h2,4,6-8,10,15H,3,5,9H2,1H3,(H,19,24)/t15-/m1/s1. The van der Waals surface area contributed by atoms with Crippen LogP contribution < -0.4 is 5.56 Å². The number of carbonyl (C=O) groups is 1. The van der Waals surface area contributed by atoms with Crippen LogP contribution in [0.1, 0.15) is 40.7 Å². The quantitative estimate of drug-likeness (QED) is 0.775. The van der Waals surface area contributed by atoms with E-state index >= 15 is 0 Å². The maximum atomic E-state index is 12.8. The second kappa shape index (κ2) is 6.55. The van der Waals surface area contributed by atoms with E-state index in [0.717, 1.165) is 18.4 Å². The lowest BCUT2D eigenvalue weighted by Gasteiger charge is -2.24. The molecule has 4 rings (SSSR count). The van der Waals surface area contributed by atoms with Crippen molar-refractivity contribution in [3.63, 3.8) is 0 Å². The predicted octanol–water partition coefficient (Wildman–Crippen LogP) is 2.11. The molecule has 1 fully saturated rings. The maximum absolute atomic E-state index is 12.8. The Hall–Kier alpha value is -3.29. The van der Waals surface area contributed by atoms with Gasteiger partial charge in [0.2, 0.25) is 11.7 Å². The Bertz CT molecular complexity index is 992. The Morgan fingerprint density at radius 3 is 2.92 bits per heavy atom. The van der Waals surface area contributed by atoms with Gasteiger partial charge in [-0.3, -0.25) is 14.6 Å². The molecule has 1 N–H and O–H groups in total. The summed E-state index contributed by atoms with van der Waals surface area (Å²) in [5.41, 5.74) is 1.32. The monoisotopic (exact) mass is 351 g/mol. The zero-order valence-corrected chi connectivity index (χ0v) is 14.2. The molecule has 0 aromatic carbocycles. The first-order valence-electron chi connectivity index (χ1n) is 8.39. The van der Waals surface area contributed by atoms with Gasteiger partial charge in [0.1, 0.15) is 11.3 Å². The van der Waals surface area contributed by atoms with Crippen molar-refractivity contribution in [2.45, 2.75) is 25.8 Å². The highest BCUT2D eigenvalue weighted by atomic mass is 16.5. The number of rotatable bonds is 3. The Labute approximate surface area is 148 Å². The second-order valence-electron chi connectivity index (χ2n) is 6.18. The molecule has 1 amide bonds. The number of pyridine rings is 2. The second-order valence-corrected chi connectivity index (χ2v) is 6.18. The van der Waals surface area contributed by atoms with E-state index in [-0.39, 0.29) is 23.1 Å². The lowest BCUT2D eigenvalue weighted by Crippen LogP contribution is -2.34. The molecular weight excluding hydrogens is 334 g/mol. The average Bonchev–Trinajstić information content (AvgIpc) is 3.31. The lowest BCUT2D eigenvalue weighted by atomic mass is 10.1. The summed E-state index contributed by atoms with van der Waals surface area (Å²) in [4.78, 5) is 37.6. The van der Waals surface area contributed by atoms with Crippen LogP contribution in [-0.4, -0.2) is 37.5 Å². The summed E-state index contributed by atoms with van der Waals surface area (Å²) in [5, 5.41) is 3.85. The minimum Gasteiger partial charge on any atom is -0.339 e. The third-order valence-corrected chi connectivity index (χ3v) is 4.49. The number of amides is 1. The van der Waals surface area contributed by atoms with Gasteiger partial charge < -0.3 is 14.4 Å². The molecule has 1 aliphatic heterocycles. The smallest absolute Gasteiger partial charge is 0.260 e. The van der Waals surface area contributed by atoms with Crippen LogP contribution in [0.25, 0.3) is 11.5 Å². The zero-order valence-electron chi connectivity index (χ0n) is 14.2. The molecule has 1 atom stereocenters. The van der Waals surface area contributed by atoms with Gasteiger partial charge in [-0.15, -0.1) is 0 Å². The Kier molecular flexibility index (Phi) is 4.08. The number of aromatic nitrogens is 4. The fraction of sp³-hybridized carbons (Fsp3) is 0.278. The van der Waals surface area contributed by atoms with E-state index in [1.165, 1.54) is 6.20 Å². The normalized spacial score (nSPS) is 16.8. The van der Waals surface area contributed by atoms with E-state index in [1.807, 2.05) is 12.1 Å². The van der Waals surface area contributed by atoms with Crippen LogP contribution in [0, 0.1) is 6.92 Å². The van der Waals surface area contributed by atoms with Gasteiger partial charge in [0.15, 0.2) is 0 Å². The number of aryl methyl sites for hydroxylation is 1. The summed E-state index contributed by atoms with van der Waals surface area (Å²) >= 11 is 0. The molecule has 0 saturated carbocycles. The summed E-state index contributed by atoms with van der Waals surface area (Å²) in [6, 6.07) is 6.84. The highest BCUT2D eigenvalue weighted by molar-refractivity contribution is 5.94. The van der Waals surface area contributed by atoms with Crippen molar-refractivity contribution in [1.82, 2.24) is 25.0 Å². The van der Waals surface area contributed by atoms with Crippen molar-refractivity contribution >= 4 is 5.91 Å². The largest absolute Gasteiger partial charge is 0.339 e. The summed E-state index contributed by atoms with van der Waals surface area (Å²) < 4.78 is 4.97. The number of nitrogens with one attached hydrogen (secondary N) is 1. The molecule has 1 aliphatic rings. The third kappa shape index (κ3) is 2.90. The molecule has 132 valence electrons. The topological polar surface area (TPSA) is 105 Å². The van der Waals surface area contributed by atoms with Gasteiger partial charge in [-0.25, -0.2) is 0 Å². The van der Waals surface area contributed by atoms with E-state index in [0.29, 0.717) is 24.0 Å². The molecule has 0 radical (unpaired) electrons. The first kappa shape index (κ1) is 16.2. The molecule has 0 bridgehead atoms. The SMILES string of the molecule is Cc1nc(-c2ccc([C@H]3CCCN3C(=O)c3ccc[nH]c3=O)cn2)no1. The highest BCUT2D eigenvalue weighted by Gasteiger charge is 2.31. The molecule has 8 nitrogen and oxygen atoms in total. The molecule has 26 heavy (non-hydrogen) atoms. The summed E-state index contributed by atoms with van der Waals surface area (Å²) in [7, 11) is 0. The molecule has 8 heteroatoms. The molecule has 4 heterocycles. The summed E-state index contributed by atoms with van der Waals surface area (Å²) in [5.74, 6) is 0.656. The van der Waals surface area contributed by atoms with Gasteiger partial charge in [0.25, 0.3) is 11.5 Å². The zero-order chi connectivity index (χ0) is 18.1. The minimum atomic E-state index is -0.371. The van der Waals surface area contributed by atoms with Crippen LogP contribution in [-0.2, 0) is 0 Å². The number of likely N-dealkylation sites (tertiary alicyclic amines) is 1. The fourth-order valence-electron chi connectivity index (χ4n) is 3.24. The number of aromatic amines is 1. The van der Waals surface area contributed by atoms with Gasteiger partial charge in [-0.1, -0.05) is 11.2 Å². The van der Waals surface area contributed by atoms with Gasteiger partial charge in [0.05, 0.1) is 6.04 Å². The Morgan fingerprint density at radius 2 is 2.23 bits per heavy atom. The molecule has 0 unspecified atom stereocenters. The average molecular weight is 351 g/mol. The van der Waals surface area contributed by atoms with Crippen LogP contribution in [0.5, 0.6) is 0 Å². The van der Waals surface area contributed by atoms with Crippen LogP contribution in [0.4, 0.5) is 0 Å². The number of nitrogens with zero attached hydrogens (tertiary/aromatic N) is 4. The van der Waals surface area contributed by atoms with Crippen molar-refractivity contribution in [2.24, 2.45) is 0 Å². The van der Waals surface area contributed by atoms with E-state index in [9.17, 15) is 9.59 Å². The molecule has 1 saturated heterocycles. The van der Waals surface area contributed by atoms with Crippen molar-refractivity contribution < 1.29 is 9.32 Å². The van der Waals surface area contributed by atoms with Gasteiger partial charge >= 0.3 is 0 Å². The van der Waals surface area contributed by atoms with Crippen molar-refractivity contribution in [3.05, 3.63) is 64.0 Å². The van der Waals surface area contributed by atoms with E-state index in [4.69, 9.17) is 4.52 Å². The maximum Gasteiger partial charge on any atom is 0.260 e. The molecule has 0 aliphatic carbocycles. The van der Waals surface area contributed by atoms with Crippen molar-refractivity contribution in [1.29, 1.82) is 0 Å².